The lowest BCUT2D eigenvalue weighted by molar-refractivity contribution is 0.0987. The van der Waals surface area contributed by atoms with Gasteiger partial charge in [-0.25, -0.2) is 0 Å². The van der Waals surface area contributed by atoms with E-state index >= 15 is 0 Å². The predicted molar refractivity (Wildman–Crippen MR) is 71.0 cm³/mol. The van der Waals surface area contributed by atoms with Crippen molar-refractivity contribution in [2.75, 3.05) is 11.9 Å². The number of carbonyl (C=O) groups is 1. The van der Waals surface area contributed by atoms with E-state index in [0.717, 1.165) is 30.8 Å². The summed E-state index contributed by atoms with van der Waals surface area (Å²) in [6, 6.07) is 6.00. The molecule has 0 unspecified atom stereocenters. The molecule has 0 spiro atoms. The van der Waals surface area contributed by atoms with E-state index in [0.29, 0.717) is 0 Å². The number of fused-ring (bicyclic) bond motifs is 1. The average molecular weight is 257 g/mol. The van der Waals surface area contributed by atoms with Gasteiger partial charge in [0, 0.05) is 17.8 Å². The Morgan fingerprint density at radius 2 is 2.32 bits per heavy atom. The fraction of sp³-hybridized carbons (Fsp3) is 0.286. The first kappa shape index (κ1) is 11.9. The van der Waals surface area contributed by atoms with Crippen molar-refractivity contribution < 1.29 is 9.32 Å². The molecule has 0 atom stereocenters. The Balaban J connectivity index is 1.80. The number of rotatable bonds is 2. The molecular weight excluding hydrogens is 242 g/mol. The highest BCUT2D eigenvalue weighted by atomic mass is 16.5. The molecule has 0 saturated heterocycles. The number of nitrogens with one attached hydrogen (secondary N) is 2. The van der Waals surface area contributed by atoms with Gasteiger partial charge in [-0.15, -0.1) is 0 Å². The van der Waals surface area contributed by atoms with Gasteiger partial charge in [0.15, 0.2) is 0 Å². The van der Waals surface area contributed by atoms with Crippen LogP contribution in [0, 0.1) is 6.92 Å². The predicted octanol–water partition coefficient (Wildman–Crippen LogP) is 1.88. The minimum absolute atomic E-state index is 0.260. The van der Waals surface area contributed by atoms with Crippen LogP contribution in [0.2, 0.25) is 0 Å². The van der Waals surface area contributed by atoms with Gasteiger partial charge in [0.05, 0.1) is 6.20 Å². The van der Waals surface area contributed by atoms with Crippen molar-refractivity contribution in [3.8, 4) is 0 Å². The Bertz CT molecular complexity index is 619. The second kappa shape index (κ2) is 4.85. The zero-order chi connectivity index (χ0) is 13.2. The zero-order valence-electron chi connectivity index (χ0n) is 10.7. The van der Waals surface area contributed by atoms with E-state index in [1.54, 1.807) is 6.92 Å². The van der Waals surface area contributed by atoms with Crippen molar-refractivity contribution in [3.63, 3.8) is 0 Å². The summed E-state index contributed by atoms with van der Waals surface area (Å²) in [5.74, 6) is -0.00503. The maximum absolute atomic E-state index is 12.0. The summed E-state index contributed by atoms with van der Waals surface area (Å²) in [5.41, 5.74) is 4.09. The van der Waals surface area contributed by atoms with Gasteiger partial charge in [-0.05, 0) is 43.1 Å². The Kier molecular flexibility index (Phi) is 3.05. The van der Waals surface area contributed by atoms with Crippen molar-refractivity contribution >= 4 is 11.6 Å². The van der Waals surface area contributed by atoms with E-state index in [9.17, 15) is 4.79 Å². The van der Waals surface area contributed by atoms with Gasteiger partial charge < -0.3 is 15.2 Å². The third kappa shape index (κ3) is 2.37. The topological polar surface area (TPSA) is 67.2 Å². The molecule has 5 heteroatoms. The van der Waals surface area contributed by atoms with Gasteiger partial charge in [0.2, 0.25) is 5.76 Å². The first-order chi connectivity index (χ1) is 9.24. The lowest BCUT2D eigenvalue weighted by Crippen LogP contribution is -2.23. The van der Waals surface area contributed by atoms with Crippen molar-refractivity contribution in [1.82, 2.24) is 10.5 Å². The standard InChI is InChI=1S/C14H15N3O2/c1-9-7-16-19-13(9)14(18)17-12-3-2-10-4-5-15-8-11(10)6-12/h2-3,6-7,15H,4-5,8H2,1H3,(H,17,18). The largest absolute Gasteiger partial charge is 0.351 e. The maximum Gasteiger partial charge on any atom is 0.294 e. The molecule has 0 saturated carbocycles. The minimum atomic E-state index is -0.265. The van der Waals surface area contributed by atoms with E-state index in [2.05, 4.69) is 21.9 Å². The molecular formula is C14H15N3O2. The fourth-order valence-corrected chi connectivity index (χ4v) is 2.26. The Morgan fingerprint density at radius 3 is 3.11 bits per heavy atom. The van der Waals surface area contributed by atoms with Crippen LogP contribution in [0.5, 0.6) is 0 Å². The molecule has 1 aliphatic rings. The van der Waals surface area contributed by atoms with E-state index in [1.165, 1.54) is 17.3 Å². The van der Waals surface area contributed by atoms with Crippen LogP contribution >= 0.6 is 0 Å². The molecule has 1 aromatic carbocycles. The molecule has 19 heavy (non-hydrogen) atoms. The SMILES string of the molecule is Cc1cnoc1C(=O)Nc1ccc2c(c1)CNCC2. The van der Waals surface area contributed by atoms with Gasteiger partial charge in [-0.3, -0.25) is 4.79 Å². The number of anilines is 1. The van der Waals surface area contributed by atoms with Gasteiger partial charge in [-0.1, -0.05) is 11.2 Å². The van der Waals surface area contributed by atoms with Crippen LogP contribution in [0.3, 0.4) is 0 Å². The van der Waals surface area contributed by atoms with Crippen LogP contribution in [0.1, 0.15) is 27.2 Å². The number of hydrogen-bond donors (Lipinski definition) is 2. The number of nitrogens with zero attached hydrogens (tertiary/aromatic N) is 1. The number of aromatic nitrogens is 1. The van der Waals surface area contributed by atoms with Crippen LogP contribution in [0.15, 0.2) is 28.9 Å². The van der Waals surface area contributed by atoms with E-state index < -0.39 is 0 Å². The summed E-state index contributed by atoms with van der Waals surface area (Å²) >= 11 is 0. The lowest BCUT2D eigenvalue weighted by Gasteiger charge is -2.17. The van der Waals surface area contributed by atoms with E-state index in [-0.39, 0.29) is 11.7 Å². The zero-order valence-corrected chi connectivity index (χ0v) is 10.7. The second-order valence-corrected chi connectivity index (χ2v) is 4.70. The number of hydrogen-bond acceptors (Lipinski definition) is 4. The van der Waals surface area contributed by atoms with Crippen LogP contribution < -0.4 is 10.6 Å². The molecule has 2 aromatic rings. The highest BCUT2D eigenvalue weighted by molar-refractivity contribution is 6.03. The van der Waals surface area contributed by atoms with Crippen molar-refractivity contribution in [2.24, 2.45) is 0 Å². The molecule has 0 fully saturated rings. The minimum Gasteiger partial charge on any atom is -0.351 e. The van der Waals surface area contributed by atoms with Crippen LogP contribution in [-0.4, -0.2) is 17.6 Å². The summed E-state index contributed by atoms with van der Waals surface area (Å²) in [6.45, 7) is 3.65. The lowest BCUT2D eigenvalue weighted by atomic mass is 10.0. The van der Waals surface area contributed by atoms with Crippen molar-refractivity contribution in [1.29, 1.82) is 0 Å². The number of amides is 1. The van der Waals surface area contributed by atoms with Gasteiger partial charge in [0.1, 0.15) is 0 Å². The smallest absolute Gasteiger partial charge is 0.294 e. The summed E-state index contributed by atoms with van der Waals surface area (Å²) in [5, 5.41) is 9.76. The highest BCUT2D eigenvalue weighted by Crippen LogP contribution is 2.20. The molecule has 2 heterocycles. The van der Waals surface area contributed by atoms with Crippen LogP contribution in [0.4, 0.5) is 5.69 Å². The fourth-order valence-electron chi connectivity index (χ4n) is 2.26. The second-order valence-electron chi connectivity index (χ2n) is 4.70. The molecule has 5 nitrogen and oxygen atoms in total. The third-order valence-electron chi connectivity index (χ3n) is 3.31. The molecule has 1 aromatic heterocycles. The Labute approximate surface area is 111 Å². The van der Waals surface area contributed by atoms with Gasteiger partial charge >= 0.3 is 0 Å². The van der Waals surface area contributed by atoms with Gasteiger partial charge in [-0.2, -0.15) is 0 Å². The highest BCUT2D eigenvalue weighted by Gasteiger charge is 2.15. The summed E-state index contributed by atoms with van der Waals surface area (Å²) in [6.07, 6.45) is 2.57. The molecule has 0 aliphatic carbocycles. The molecule has 98 valence electrons. The maximum atomic E-state index is 12.0. The third-order valence-corrected chi connectivity index (χ3v) is 3.31. The van der Waals surface area contributed by atoms with Gasteiger partial charge in [0.25, 0.3) is 5.91 Å². The molecule has 1 aliphatic heterocycles. The summed E-state index contributed by atoms with van der Waals surface area (Å²) < 4.78 is 4.94. The van der Waals surface area contributed by atoms with Crippen LogP contribution in [0.25, 0.3) is 0 Å². The Morgan fingerprint density at radius 1 is 1.42 bits per heavy atom. The number of benzene rings is 1. The molecule has 3 rings (SSSR count). The number of carbonyl (C=O) groups excluding carboxylic acids is 1. The quantitative estimate of drug-likeness (QED) is 0.862. The first-order valence-corrected chi connectivity index (χ1v) is 6.29. The van der Waals surface area contributed by atoms with E-state index in [4.69, 9.17) is 4.52 Å². The first-order valence-electron chi connectivity index (χ1n) is 6.29. The van der Waals surface area contributed by atoms with E-state index in [1.807, 2.05) is 12.1 Å². The summed E-state index contributed by atoms with van der Waals surface area (Å²) in [4.78, 5) is 12.0. The summed E-state index contributed by atoms with van der Waals surface area (Å²) in [7, 11) is 0. The van der Waals surface area contributed by atoms with Crippen molar-refractivity contribution in [3.05, 3.63) is 46.8 Å². The normalized spacial score (nSPS) is 13.9. The van der Waals surface area contributed by atoms with Crippen molar-refractivity contribution in [2.45, 2.75) is 19.9 Å². The number of aryl methyl sites for hydroxylation is 1. The average Bonchev–Trinajstić information content (AvgIpc) is 2.85. The van der Waals surface area contributed by atoms with Crippen LogP contribution in [-0.2, 0) is 13.0 Å². The molecule has 1 amide bonds. The molecule has 0 bridgehead atoms. The molecule has 2 N–H and O–H groups in total. The molecule has 0 radical (unpaired) electrons. The Hall–Kier alpha value is -2.14. The monoisotopic (exact) mass is 257 g/mol.